The van der Waals surface area contributed by atoms with E-state index in [0.717, 1.165) is 44.2 Å². The number of nitrogens with zero attached hydrogens (tertiary/aromatic N) is 2. The molecular weight excluding hydrogens is 356 g/mol. The number of hydrogen-bond donors (Lipinski definition) is 0. The van der Waals surface area contributed by atoms with E-state index in [1.54, 1.807) is 6.07 Å². The Morgan fingerprint density at radius 3 is 1.55 bits per heavy atom. The Morgan fingerprint density at radius 1 is 0.483 bits per heavy atom. The van der Waals surface area contributed by atoms with Crippen LogP contribution in [0.4, 0.5) is 0 Å². The van der Waals surface area contributed by atoms with Gasteiger partial charge in [-0.1, -0.05) is 42.5 Å². The largest absolute Gasteiger partial charge is 0.456 e. The zero-order chi connectivity index (χ0) is 19.8. The Hall–Kier alpha value is -4.34. The molecule has 134 valence electrons. The van der Waals surface area contributed by atoms with E-state index in [9.17, 15) is 0 Å². The van der Waals surface area contributed by atoms with Crippen LogP contribution in [0.1, 0.15) is 11.1 Å². The fourth-order valence-electron chi connectivity index (χ4n) is 3.62. The molecule has 5 rings (SSSR count). The Kier molecular flexibility index (Phi) is 3.87. The predicted molar refractivity (Wildman–Crippen MR) is 114 cm³/mol. The number of benzene rings is 4. The molecule has 0 spiro atoms. The molecule has 3 nitrogen and oxygen atoms in total. The molecule has 0 radical (unpaired) electrons. The summed E-state index contributed by atoms with van der Waals surface area (Å²) >= 11 is 0. The molecule has 0 aliphatic rings. The van der Waals surface area contributed by atoms with Crippen LogP contribution in [-0.4, -0.2) is 0 Å². The molecule has 0 bridgehead atoms. The molecule has 0 fully saturated rings. The van der Waals surface area contributed by atoms with E-state index in [1.165, 1.54) is 0 Å². The Balaban J connectivity index is 1.52. The number of furan rings is 1. The van der Waals surface area contributed by atoms with E-state index in [-0.39, 0.29) is 0 Å². The van der Waals surface area contributed by atoms with Gasteiger partial charge in [-0.05, 0) is 64.7 Å². The first-order valence-corrected chi connectivity index (χ1v) is 9.22. The second-order valence-electron chi connectivity index (χ2n) is 6.90. The molecule has 0 aliphatic heterocycles. The van der Waals surface area contributed by atoms with E-state index in [2.05, 4.69) is 48.5 Å². The van der Waals surface area contributed by atoms with Crippen LogP contribution in [0.2, 0.25) is 0 Å². The van der Waals surface area contributed by atoms with Gasteiger partial charge in [0.15, 0.2) is 0 Å². The minimum absolute atomic E-state index is 0.593. The monoisotopic (exact) mass is 370 g/mol. The van der Waals surface area contributed by atoms with Gasteiger partial charge in [0.2, 0.25) is 0 Å². The van der Waals surface area contributed by atoms with Crippen molar-refractivity contribution >= 4 is 21.9 Å². The second kappa shape index (κ2) is 6.68. The number of nitriles is 2. The maximum Gasteiger partial charge on any atom is 0.136 e. The molecule has 0 saturated heterocycles. The van der Waals surface area contributed by atoms with Crippen LogP contribution < -0.4 is 0 Å². The topological polar surface area (TPSA) is 60.7 Å². The average molecular weight is 370 g/mol. The van der Waals surface area contributed by atoms with Gasteiger partial charge in [0.25, 0.3) is 0 Å². The maximum absolute atomic E-state index is 9.09. The van der Waals surface area contributed by atoms with Gasteiger partial charge in [0.1, 0.15) is 11.2 Å². The van der Waals surface area contributed by atoms with E-state index in [1.807, 2.05) is 42.5 Å². The summed E-state index contributed by atoms with van der Waals surface area (Å²) in [5.41, 5.74) is 7.15. The fraction of sp³-hybridized carbons (Fsp3) is 0. The molecule has 0 aliphatic carbocycles. The Morgan fingerprint density at radius 2 is 0.931 bits per heavy atom. The third kappa shape index (κ3) is 2.92. The summed E-state index contributed by atoms with van der Waals surface area (Å²) in [4.78, 5) is 0. The molecular formula is C26H14N2O. The van der Waals surface area contributed by atoms with Gasteiger partial charge in [-0.3, -0.25) is 0 Å². The fourth-order valence-corrected chi connectivity index (χ4v) is 3.62. The van der Waals surface area contributed by atoms with Gasteiger partial charge in [-0.15, -0.1) is 0 Å². The van der Waals surface area contributed by atoms with Crippen molar-refractivity contribution in [3.63, 3.8) is 0 Å². The van der Waals surface area contributed by atoms with Crippen molar-refractivity contribution in [3.05, 3.63) is 96.1 Å². The van der Waals surface area contributed by atoms with Gasteiger partial charge in [-0.25, -0.2) is 0 Å². The van der Waals surface area contributed by atoms with Gasteiger partial charge in [0.05, 0.1) is 23.3 Å². The van der Waals surface area contributed by atoms with Crippen molar-refractivity contribution in [2.24, 2.45) is 0 Å². The lowest BCUT2D eigenvalue weighted by molar-refractivity contribution is 0.669. The highest BCUT2D eigenvalue weighted by atomic mass is 16.3. The lowest BCUT2D eigenvalue weighted by Gasteiger charge is -2.05. The Labute approximate surface area is 167 Å². The van der Waals surface area contributed by atoms with Crippen LogP contribution in [0.5, 0.6) is 0 Å². The quantitative estimate of drug-likeness (QED) is 0.349. The molecule has 0 N–H and O–H groups in total. The predicted octanol–water partition coefficient (Wildman–Crippen LogP) is 6.66. The molecule has 5 aromatic rings. The van der Waals surface area contributed by atoms with Gasteiger partial charge < -0.3 is 4.42 Å². The molecule has 1 heterocycles. The number of fused-ring (bicyclic) bond motifs is 3. The highest BCUT2D eigenvalue weighted by molar-refractivity contribution is 6.06. The Bertz CT molecular complexity index is 1440. The molecule has 0 unspecified atom stereocenters. The number of hydrogen-bond acceptors (Lipinski definition) is 3. The van der Waals surface area contributed by atoms with Crippen LogP contribution in [0.3, 0.4) is 0 Å². The molecule has 0 amide bonds. The van der Waals surface area contributed by atoms with Crippen LogP contribution in [0.15, 0.2) is 89.3 Å². The third-order valence-electron chi connectivity index (χ3n) is 5.17. The molecule has 1 aromatic heterocycles. The minimum Gasteiger partial charge on any atom is -0.456 e. The van der Waals surface area contributed by atoms with Crippen molar-refractivity contribution in [2.75, 3.05) is 0 Å². The zero-order valence-electron chi connectivity index (χ0n) is 15.4. The van der Waals surface area contributed by atoms with Crippen molar-refractivity contribution in [2.45, 2.75) is 0 Å². The lowest BCUT2D eigenvalue weighted by atomic mass is 9.99. The first-order chi connectivity index (χ1) is 14.2. The SMILES string of the molecule is N#Cc1ccc(-c2ccc(-c3ccc4c(c3)oc3cc(C#N)ccc34)cc2)cc1. The summed E-state index contributed by atoms with van der Waals surface area (Å²) in [6.45, 7) is 0. The van der Waals surface area contributed by atoms with E-state index >= 15 is 0 Å². The van der Waals surface area contributed by atoms with E-state index < -0.39 is 0 Å². The van der Waals surface area contributed by atoms with Gasteiger partial charge >= 0.3 is 0 Å². The highest BCUT2D eigenvalue weighted by Crippen LogP contribution is 2.33. The molecule has 0 saturated carbocycles. The standard InChI is InChI=1S/C26H14N2O/c27-15-17-1-4-19(5-2-17)20-6-8-21(9-7-20)22-10-12-24-23-11-3-18(16-28)13-25(23)29-26(24)14-22/h1-14H. The maximum atomic E-state index is 9.09. The van der Waals surface area contributed by atoms with Crippen LogP contribution in [0.25, 0.3) is 44.2 Å². The minimum atomic E-state index is 0.593. The first-order valence-electron chi connectivity index (χ1n) is 9.22. The highest BCUT2D eigenvalue weighted by Gasteiger charge is 2.09. The van der Waals surface area contributed by atoms with Gasteiger partial charge in [0, 0.05) is 10.8 Å². The summed E-state index contributed by atoms with van der Waals surface area (Å²) in [7, 11) is 0. The second-order valence-corrected chi connectivity index (χ2v) is 6.90. The summed E-state index contributed by atoms with van der Waals surface area (Å²) in [5.74, 6) is 0. The van der Waals surface area contributed by atoms with Crippen molar-refractivity contribution in [1.82, 2.24) is 0 Å². The van der Waals surface area contributed by atoms with E-state index in [0.29, 0.717) is 11.1 Å². The van der Waals surface area contributed by atoms with Crippen LogP contribution >= 0.6 is 0 Å². The van der Waals surface area contributed by atoms with Crippen molar-refractivity contribution < 1.29 is 4.42 Å². The third-order valence-corrected chi connectivity index (χ3v) is 5.17. The summed E-state index contributed by atoms with van der Waals surface area (Å²) in [6.07, 6.45) is 0. The molecule has 3 heteroatoms. The molecule has 4 aromatic carbocycles. The molecule has 0 atom stereocenters. The van der Waals surface area contributed by atoms with E-state index in [4.69, 9.17) is 14.9 Å². The number of rotatable bonds is 2. The first kappa shape index (κ1) is 16.8. The normalized spacial score (nSPS) is 10.7. The average Bonchev–Trinajstić information content (AvgIpc) is 3.16. The smallest absolute Gasteiger partial charge is 0.136 e. The summed E-state index contributed by atoms with van der Waals surface area (Å²) in [6, 6.07) is 31.9. The van der Waals surface area contributed by atoms with Crippen molar-refractivity contribution in [1.29, 1.82) is 10.5 Å². The summed E-state index contributed by atoms with van der Waals surface area (Å²) < 4.78 is 5.99. The van der Waals surface area contributed by atoms with Gasteiger partial charge in [-0.2, -0.15) is 10.5 Å². The van der Waals surface area contributed by atoms with Crippen LogP contribution in [-0.2, 0) is 0 Å². The van der Waals surface area contributed by atoms with Crippen LogP contribution in [0, 0.1) is 22.7 Å². The van der Waals surface area contributed by atoms with Crippen molar-refractivity contribution in [3.8, 4) is 34.4 Å². The lowest BCUT2D eigenvalue weighted by Crippen LogP contribution is -1.81. The summed E-state index contributed by atoms with van der Waals surface area (Å²) in [5, 5.41) is 20.1. The molecule has 29 heavy (non-hydrogen) atoms. The zero-order valence-corrected chi connectivity index (χ0v) is 15.4.